The quantitative estimate of drug-likeness (QED) is 0.173. The van der Waals surface area contributed by atoms with Gasteiger partial charge in [0.2, 0.25) is 0 Å². The van der Waals surface area contributed by atoms with Crippen LogP contribution >= 0.6 is 11.3 Å². The van der Waals surface area contributed by atoms with Crippen LogP contribution in [0, 0.1) is 0 Å². The van der Waals surface area contributed by atoms with Crippen molar-refractivity contribution in [1.29, 1.82) is 0 Å². The molecule has 15 rings (SSSR count). The van der Waals surface area contributed by atoms with Crippen molar-refractivity contribution in [1.82, 2.24) is 19.5 Å². The molecule has 0 saturated heterocycles. The Morgan fingerprint density at radius 2 is 0.900 bits per heavy atom. The lowest BCUT2D eigenvalue weighted by atomic mass is 9.66. The van der Waals surface area contributed by atoms with Crippen molar-refractivity contribution >= 4 is 53.3 Å². The highest BCUT2D eigenvalue weighted by Gasteiger charge is 2.51. The minimum absolute atomic E-state index is 0.620. The Morgan fingerprint density at radius 1 is 0.371 bits per heavy atom. The number of rotatable bonds is 5. The van der Waals surface area contributed by atoms with E-state index in [0.29, 0.717) is 17.5 Å². The second-order valence-electron chi connectivity index (χ2n) is 18.2. The van der Waals surface area contributed by atoms with E-state index in [9.17, 15) is 0 Å². The monoisotopic (exact) mass is 910 g/mol. The zero-order valence-corrected chi connectivity index (χ0v) is 38.4. The summed E-state index contributed by atoms with van der Waals surface area (Å²) in [6, 6.07) is 82.6. The van der Waals surface area contributed by atoms with Crippen LogP contribution in [-0.2, 0) is 5.41 Å². The molecule has 0 fully saturated rings. The second-order valence-corrected chi connectivity index (χ2v) is 19.3. The lowest BCUT2D eigenvalue weighted by molar-refractivity contribution is 0.436. The summed E-state index contributed by atoms with van der Waals surface area (Å²) < 4.78 is 11.8. The maximum absolute atomic E-state index is 6.72. The summed E-state index contributed by atoms with van der Waals surface area (Å²) in [6.45, 7) is 0. The van der Waals surface area contributed by atoms with Crippen LogP contribution in [0.5, 0.6) is 11.5 Å². The molecule has 13 aromatic rings. The van der Waals surface area contributed by atoms with Gasteiger partial charge in [-0.25, -0.2) is 15.0 Å². The minimum Gasteiger partial charge on any atom is -0.457 e. The Kier molecular flexibility index (Phi) is 8.38. The minimum atomic E-state index is -0.640. The molecule has 0 saturated carbocycles. The lowest BCUT2D eigenvalue weighted by Gasteiger charge is -2.39. The van der Waals surface area contributed by atoms with Crippen molar-refractivity contribution < 1.29 is 4.74 Å². The number of para-hydroxylation sites is 3. The van der Waals surface area contributed by atoms with Crippen molar-refractivity contribution in [2.75, 3.05) is 0 Å². The van der Waals surface area contributed by atoms with E-state index in [1.165, 1.54) is 58.7 Å². The molecular formula is C64H38N4OS. The van der Waals surface area contributed by atoms with Gasteiger partial charge in [-0.15, -0.1) is 11.3 Å². The summed E-state index contributed by atoms with van der Waals surface area (Å²) >= 11 is 1.86. The van der Waals surface area contributed by atoms with Gasteiger partial charge in [0, 0.05) is 64.4 Å². The normalized spacial score (nSPS) is 13.1. The number of nitrogens with zero attached hydrogens (tertiary/aromatic N) is 4. The summed E-state index contributed by atoms with van der Waals surface area (Å²) in [6.07, 6.45) is 0. The van der Waals surface area contributed by atoms with Crippen LogP contribution in [0.1, 0.15) is 22.3 Å². The van der Waals surface area contributed by atoms with E-state index in [0.717, 1.165) is 61.7 Å². The Labute approximate surface area is 407 Å². The van der Waals surface area contributed by atoms with Gasteiger partial charge in [0.25, 0.3) is 0 Å². The number of hydrogen-bond acceptors (Lipinski definition) is 5. The Hall–Kier alpha value is -8.97. The van der Waals surface area contributed by atoms with Crippen LogP contribution in [0.2, 0.25) is 0 Å². The van der Waals surface area contributed by atoms with Crippen molar-refractivity contribution in [2.24, 2.45) is 0 Å². The van der Waals surface area contributed by atoms with Crippen LogP contribution < -0.4 is 4.74 Å². The molecule has 10 aromatic carbocycles. The summed E-state index contributed by atoms with van der Waals surface area (Å²) in [5, 5.41) is 5.06. The van der Waals surface area contributed by atoms with E-state index < -0.39 is 5.41 Å². The highest BCUT2D eigenvalue weighted by atomic mass is 32.1. The van der Waals surface area contributed by atoms with Gasteiger partial charge in [-0.3, -0.25) is 0 Å². The molecule has 1 spiro atoms. The fourth-order valence-corrected chi connectivity index (χ4v) is 12.6. The predicted octanol–water partition coefficient (Wildman–Crippen LogP) is 16.5. The molecule has 0 unspecified atom stereocenters. The van der Waals surface area contributed by atoms with Gasteiger partial charge in [0.1, 0.15) is 11.5 Å². The molecule has 5 nitrogen and oxygen atoms in total. The zero-order valence-electron chi connectivity index (χ0n) is 37.5. The number of fused-ring (bicyclic) bond motifs is 16. The van der Waals surface area contributed by atoms with Crippen molar-refractivity contribution in [3.8, 4) is 73.6 Å². The molecule has 0 atom stereocenters. The molecule has 0 radical (unpaired) electrons. The molecule has 326 valence electrons. The van der Waals surface area contributed by atoms with Crippen molar-refractivity contribution in [3.05, 3.63) is 253 Å². The first-order valence-corrected chi connectivity index (χ1v) is 24.5. The summed E-state index contributed by atoms with van der Waals surface area (Å²) in [7, 11) is 0. The molecule has 70 heavy (non-hydrogen) atoms. The van der Waals surface area contributed by atoms with Crippen LogP contribution in [0.4, 0.5) is 0 Å². The van der Waals surface area contributed by atoms with Gasteiger partial charge in [0.05, 0.1) is 16.4 Å². The van der Waals surface area contributed by atoms with Crippen molar-refractivity contribution in [3.63, 3.8) is 0 Å². The van der Waals surface area contributed by atoms with E-state index >= 15 is 0 Å². The van der Waals surface area contributed by atoms with Gasteiger partial charge < -0.3 is 9.30 Å². The molecule has 0 amide bonds. The molecule has 6 heteroatoms. The lowest BCUT2D eigenvalue weighted by Crippen LogP contribution is -2.32. The van der Waals surface area contributed by atoms with Crippen LogP contribution in [-0.4, -0.2) is 19.5 Å². The first kappa shape index (κ1) is 39.1. The predicted molar refractivity (Wildman–Crippen MR) is 286 cm³/mol. The van der Waals surface area contributed by atoms with Crippen LogP contribution in [0.25, 0.3) is 104 Å². The maximum Gasteiger partial charge on any atom is 0.164 e. The summed E-state index contributed by atoms with van der Waals surface area (Å²) in [5.74, 6) is 3.60. The van der Waals surface area contributed by atoms with Gasteiger partial charge in [-0.2, -0.15) is 0 Å². The Balaban J connectivity index is 0.974. The summed E-state index contributed by atoms with van der Waals surface area (Å²) in [5.41, 5.74) is 15.0. The van der Waals surface area contributed by atoms with Gasteiger partial charge in [0.15, 0.2) is 17.5 Å². The highest BCUT2D eigenvalue weighted by Crippen LogP contribution is 2.63. The van der Waals surface area contributed by atoms with E-state index in [2.05, 4.69) is 199 Å². The Bertz CT molecular complexity index is 4170. The fourth-order valence-electron chi connectivity index (χ4n) is 11.5. The number of benzene rings is 10. The SMILES string of the molecule is c1ccc(-c2nc(-c3ccccc3)nc(-c3ccc4c(c3)-c3cc(-c5ccc6c(c5)c5ccc7sc8ccccc8c7c5n6-c5ccccc5)ccc3C43c4ccccc4Oc4ccccc43)n2)cc1. The zero-order chi connectivity index (χ0) is 45.9. The first-order chi connectivity index (χ1) is 34.7. The van der Waals surface area contributed by atoms with Crippen LogP contribution in [0.15, 0.2) is 231 Å². The van der Waals surface area contributed by atoms with Gasteiger partial charge in [-0.05, 0) is 94.0 Å². The molecule has 0 N–H and O–H groups in total. The van der Waals surface area contributed by atoms with E-state index in [1.807, 2.05) is 47.7 Å². The Morgan fingerprint density at radius 3 is 1.57 bits per heavy atom. The van der Waals surface area contributed by atoms with Gasteiger partial charge in [-0.1, -0.05) is 170 Å². The first-order valence-electron chi connectivity index (χ1n) is 23.7. The molecule has 2 aliphatic rings. The third-order valence-electron chi connectivity index (χ3n) is 14.5. The largest absolute Gasteiger partial charge is 0.457 e. The average Bonchev–Trinajstić information content (AvgIpc) is 4.07. The number of ether oxygens (including phenoxy) is 1. The van der Waals surface area contributed by atoms with Crippen LogP contribution in [0.3, 0.4) is 0 Å². The number of hydrogen-bond donors (Lipinski definition) is 0. The van der Waals surface area contributed by atoms with Gasteiger partial charge >= 0.3 is 0 Å². The average molecular weight is 911 g/mol. The number of thiophene rings is 1. The molecular weight excluding hydrogens is 873 g/mol. The smallest absolute Gasteiger partial charge is 0.164 e. The molecule has 0 bridgehead atoms. The topological polar surface area (TPSA) is 52.8 Å². The van der Waals surface area contributed by atoms with E-state index in [4.69, 9.17) is 19.7 Å². The maximum atomic E-state index is 6.72. The molecule has 4 heterocycles. The van der Waals surface area contributed by atoms with E-state index in [-0.39, 0.29) is 0 Å². The second kappa shape index (κ2) is 15.0. The standard InChI is InChI=1S/C64H38N4OS/c1-4-16-39(17-5-1)61-65-62(40-18-6-2-7-19-40)67-63(66-61)43-29-33-51-48(38-43)47-36-41(28-32-50(47)64(51)52-23-11-13-25-55(52)69-56-26-14-12-24-53(56)64)42-30-34-54-49(37-42)45-31-35-58-59(46-22-10-15-27-57(46)70-58)60(45)68(54)44-20-8-3-9-21-44/h1-38H. The molecule has 1 aliphatic carbocycles. The molecule has 1 aliphatic heterocycles. The van der Waals surface area contributed by atoms with Crippen molar-refractivity contribution in [2.45, 2.75) is 5.41 Å². The number of aromatic nitrogens is 4. The highest BCUT2D eigenvalue weighted by molar-refractivity contribution is 7.26. The summed E-state index contributed by atoms with van der Waals surface area (Å²) in [4.78, 5) is 15.4. The molecule has 3 aromatic heterocycles. The van der Waals surface area contributed by atoms with E-state index in [1.54, 1.807) is 0 Å². The third kappa shape index (κ3) is 5.62. The fraction of sp³-hybridized carbons (Fsp3) is 0.0156. The third-order valence-corrected chi connectivity index (χ3v) is 15.6.